The van der Waals surface area contributed by atoms with Crippen LogP contribution in [0.4, 0.5) is 0 Å². The molecule has 0 amide bonds. The van der Waals surface area contributed by atoms with Crippen molar-refractivity contribution in [2.45, 2.75) is 6.42 Å². The van der Waals surface area contributed by atoms with Crippen LogP contribution in [0.3, 0.4) is 0 Å². The summed E-state index contributed by atoms with van der Waals surface area (Å²) in [5, 5.41) is 0. The van der Waals surface area contributed by atoms with Crippen LogP contribution in [0.1, 0.15) is 5.56 Å². The molecule has 96 valence electrons. The molecule has 0 aliphatic carbocycles. The second kappa shape index (κ2) is 5.15. The van der Waals surface area contributed by atoms with E-state index >= 15 is 0 Å². The van der Waals surface area contributed by atoms with E-state index in [1.807, 2.05) is 30.6 Å². The smallest absolute Gasteiger partial charge is 0.100 e. The van der Waals surface area contributed by atoms with Gasteiger partial charge in [-0.2, -0.15) is 0 Å². The summed E-state index contributed by atoms with van der Waals surface area (Å²) in [5.41, 5.74) is 10.2. The molecule has 0 bridgehead atoms. The van der Waals surface area contributed by atoms with Crippen LogP contribution in [0.2, 0.25) is 0 Å². The number of aromatic nitrogens is 2. The topological polar surface area (TPSA) is 43.8 Å². The molecule has 1 aromatic heterocycles. The predicted molar refractivity (Wildman–Crippen MR) is 81.5 cm³/mol. The average Bonchev–Trinajstić information content (AvgIpc) is 2.83. The molecule has 3 nitrogen and oxygen atoms in total. The van der Waals surface area contributed by atoms with Crippen molar-refractivity contribution in [2.24, 2.45) is 5.73 Å². The molecular formula is C15H14BrN3. The highest BCUT2D eigenvalue weighted by atomic mass is 79.9. The Balaban J connectivity index is 2.21. The monoisotopic (exact) mass is 315 g/mol. The van der Waals surface area contributed by atoms with Crippen LogP contribution in [-0.2, 0) is 6.42 Å². The highest BCUT2D eigenvalue weighted by Crippen LogP contribution is 2.24. The highest BCUT2D eigenvalue weighted by molar-refractivity contribution is 9.10. The molecule has 0 aliphatic heterocycles. The van der Waals surface area contributed by atoms with E-state index in [0.29, 0.717) is 6.54 Å². The van der Waals surface area contributed by atoms with Gasteiger partial charge in [-0.3, -0.25) is 4.57 Å². The van der Waals surface area contributed by atoms with E-state index < -0.39 is 0 Å². The van der Waals surface area contributed by atoms with Crippen molar-refractivity contribution in [3.63, 3.8) is 0 Å². The minimum atomic E-state index is 0.635. The molecular weight excluding hydrogens is 302 g/mol. The molecule has 2 N–H and O–H groups in total. The largest absolute Gasteiger partial charge is 0.330 e. The summed E-state index contributed by atoms with van der Waals surface area (Å²) < 4.78 is 3.19. The second-order valence-electron chi connectivity index (χ2n) is 4.41. The number of rotatable bonds is 3. The summed E-state index contributed by atoms with van der Waals surface area (Å²) in [7, 11) is 0. The van der Waals surface area contributed by atoms with E-state index in [1.165, 1.54) is 5.56 Å². The van der Waals surface area contributed by atoms with Crippen molar-refractivity contribution in [3.8, 4) is 5.69 Å². The summed E-state index contributed by atoms with van der Waals surface area (Å²) in [4.78, 5) is 4.44. The van der Waals surface area contributed by atoms with Gasteiger partial charge in [-0.1, -0.05) is 28.1 Å². The number of fused-ring (bicyclic) bond motifs is 1. The van der Waals surface area contributed by atoms with Gasteiger partial charge in [0, 0.05) is 4.47 Å². The van der Waals surface area contributed by atoms with Crippen LogP contribution < -0.4 is 5.73 Å². The van der Waals surface area contributed by atoms with Crippen LogP contribution in [0, 0.1) is 0 Å². The molecule has 19 heavy (non-hydrogen) atoms. The molecule has 2 aromatic carbocycles. The molecule has 0 saturated carbocycles. The molecule has 1 heterocycles. The quantitative estimate of drug-likeness (QED) is 0.806. The summed E-state index contributed by atoms with van der Waals surface area (Å²) >= 11 is 3.51. The first-order valence-corrected chi connectivity index (χ1v) is 7.00. The van der Waals surface area contributed by atoms with E-state index in [0.717, 1.165) is 27.6 Å². The number of para-hydroxylation sites is 2. The van der Waals surface area contributed by atoms with Gasteiger partial charge in [0.25, 0.3) is 0 Å². The number of nitrogens with two attached hydrogens (primary N) is 1. The minimum Gasteiger partial charge on any atom is -0.330 e. The van der Waals surface area contributed by atoms with Gasteiger partial charge < -0.3 is 5.73 Å². The molecule has 0 unspecified atom stereocenters. The fraction of sp³-hybridized carbons (Fsp3) is 0.133. The van der Waals surface area contributed by atoms with Crippen molar-refractivity contribution in [2.75, 3.05) is 6.54 Å². The molecule has 0 fully saturated rings. The fourth-order valence-electron chi connectivity index (χ4n) is 2.30. The fourth-order valence-corrected chi connectivity index (χ4v) is 2.70. The zero-order valence-corrected chi connectivity index (χ0v) is 12.0. The minimum absolute atomic E-state index is 0.635. The maximum atomic E-state index is 5.71. The van der Waals surface area contributed by atoms with Crippen LogP contribution in [0.5, 0.6) is 0 Å². The standard InChI is InChI=1S/C15H14BrN3/c16-12-5-6-14(11(9-12)7-8-17)19-10-18-13-3-1-2-4-15(13)19/h1-6,9-10H,7-8,17H2. The van der Waals surface area contributed by atoms with Gasteiger partial charge in [-0.05, 0) is 48.9 Å². The van der Waals surface area contributed by atoms with Crippen molar-refractivity contribution >= 4 is 27.0 Å². The maximum Gasteiger partial charge on any atom is 0.100 e. The van der Waals surface area contributed by atoms with Crippen LogP contribution in [0.15, 0.2) is 53.3 Å². The molecule has 4 heteroatoms. The Labute approximate surface area is 120 Å². The van der Waals surface area contributed by atoms with Gasteiger partial charge in [-0.25, -0.2) is 4.98 Å². The lowest BCUT2D eigenvalue weighted by atomic mass is 10.1. The number of benzene rings is 2. The summed E-state index contributed by atoms with van der Waals surface area (Å²) in [5.74, 6) is 0. The Bertz CT molecular complexity index is 718. The SMILES string of the molecule is NCCc1cc(Br)ccc1-n1cnc2ccccc21. The van der Waals surface area contributed by atoms with E-state index in [4.69, 9.17) is 5.73 Å². The maximum absolute atomic E-state index is 5.71. The molecule has 0 saturated heterocycles. The average molecular weight is 316 g/mol. The number of nitrogens with zero attached hydrogens (tertiary/aromatic N) is 2. The zero-order valence-electron chi connectivity index (χ0n) is 10.4. The normalized spacial score (nSPS) is 11.1. The van der Waals surface area contributed by atoms with Crippen molar-refractivity contribution in [1.82, 2.24) is 9.55 Å². The molecule has 0 spiro atoms. The number of hydrogen-bond acceptors (Lipinski definition) is 2. The van der Waals surface area contributed by atoms with Gasteiger partial charge in [0.2, 0.25) is 0 Å². The molecule has 0 aliphatic rings. The van der Waals surface area contributed by atoms with E-state index in [1.54, 1.807) is 0 Å². The Hall–Kier alpha value is -1.65. The van der Waals surface area contributed by atoms with Gasteiger partial charge in [-0.15, -0.1) is 0 Å². The van der Waals surface area contributed by atoms with Crippen molar-refractivity contribution in [3.05, 3.63) is 58.8 Å². The molecule has 0 atom stereocenters. The zero-order chi connectivity index (χ0) is 13.2. The number of halogens is 1. The first kappa shape index (κ1) is 12.4. The predicted octanol–water partition coefficient (Wildman–Crippen LogP) is 3.29. The Morgan fingerprint density at radius 1 is 1.16 bits per heavy atom. The van der Waals surface area contributed by atoms with Gasteiger partial charge in [0.1, 0.15) is 6.33 Å². The Kier molecular flexibility index (Phi) is 3.36. The first-order chi connectivity index (χ1) is 9.29. The van der Waals surface area contributed by atoms with Crippen molar-refractivity contribution < 1.29 is 0 Å². The second-order valence-corrected chi connectivity index (χ2v) is 5.33. The summed E-state index contributed by atoms with van der Waals surface area (Å²) in [6, 6.07) is 14.4. The Morgan fingerprint density at radius 2 is 2.00 bits per heavy atom. The van der Waals surface area contributed by atoms with E-state index in [9.17, 15) is 0 Å². The van der Waals surface area contributed by atoms with Crippen LogP contribution >= 0.6 is 15.9 Å². The third-order valence-corrected chi connectivity index (χ3v) is 3.66. The van der Waals surface area contributed by atoms with Crippen molar-refractivity contribution in [1.29, 1.82) is 0 Å². The lowest BCUT2D eigenvalue weighted by molar-refractivity contribution is 0.941. The number of imidazole rings is 1. The van der Waals surface area contributed by atoms with Gasteiger partial charge in [0.15, 0.2) is 0 Å². The first-order valence-electron chi connectivity index (χ1n) is 6.20. The lowest BCUT2D eigenvalue weighted by Crippen LogP contribution is -2.06. The van der Waals surface area contributed by atoms with Crippen LogP contribution in [-0.4, -0.2) is 16.1 Å². The van der Waals surface area contributed by atoms with Gasteiger partial charge in [0.05, 0.1) is 16.7 Å². The Morgan fingerprint density at radius 3 is 2.84 bits per heavy atom. The molecule has 3 rings (SSSR count). The third-order valence-electron chi connectivity index (χ3n) is 3.17. The van der Waals surface area contributed by atoms with Crippen LogP contribution in [0.25, 0.3) is 16.7 Å². The lowest BCUT2D eigenvalue weighted by Gasteiger charge is -2.11. The highest BCUT2D eigenvalue weighted by Gasteiger charge is 2.08. The third kappa shape index (κ3) is 2.29. The summed E-state index contributed by atoms with van der Waals surface area (Å²) in [6.07, 6.45) is 2.72. The van der Waals surface area contributed by atoms with E-state index in [-0.39, 0.29) is 0 Å². The number of hydrogen-bond donors (Lipinski definition) is 1. The molecule has 3 aromatic rings. The van der Waals surface area contributed by atoms with Gasteiger partial charge >= 0.3 is 0 Å². The van der Waals surface area contributed by atoms with E-state index in [2.05, 4.69) is 43.7 Å². The molecule has 0 radical (unpaired) electrons. The summed E-state index contributed by atoms with van der Waals surface area (Å²) in [6.45, 7) is 0.635.